The molecule has 0 heterocycles. The van der Waals surface area contributed by atoms with E-state index in [2.05, 4.69) is 20.6 Å². The summed E-state index contributed by atoms with van der Waals surface area (Å²) in [4.78, 5) is 35.1. The van der Waals surface area contributed by atoms with Crippen LogP contribution in [0.5, 0.6) is 0 Å². The maximum Gasteiger partial charge on any atom is 0.337 e. The van der Waals surface area contributed by atoms with Crippen LogP contribution in [0.3, 0.4) is 0 Å². The maximum atomic E-state index is 11.9. The van der Waals surface area contributed by atoms with Gasteiger partial charge in [0.25, 0.3) is 0 Å². The molecule has 134 valence electrons. The molecule has 2 amide bonds. The second kappa shape index (κ2) is 9.12. The molecule has 0 aromatic heterocycles. The summed E-state index contributed by atoms with van der Waals surface area (Å²) in [7, 11) is 1.30. The van der Waals surface area contributed by atoms with Crippen molar-refractivity contribution in [3.8, 4) is 0 Å². The van der Waals surface area contributed by atoms with Gasteiger partial charge in [-0.05, 0) is 35.7 Å². The van der Waals surface area contributed by atoms with Gasteiger partial charge in [-0.15, -0.1) is 0 Å². The van der Waals surface area contributed by atoms with Crippen LogP contribution < -0.4 is 10.7 Å². The van der Waals surface area contributed by atoms with Gasteiger partial charge < -0.3 is 10.1 Å². The highest BCUT2D eigenvalue weighted by molar-refractivity contribution is 6.39. The highest BCUT2D eigenvalue weighted by Gasteiger charge is 2.14. The van der Waals surface area contributed by atoms with Crippen LogP contribution in [-0.4, -0.2) is 31.1 Å². The van der Waals surface area contributed by atoms with Crippen LogP contribution in [0.2, 0.25) is 0 Å². The number of methoxy groups -OCH3 is 1. The molecule has 0 aliphatic rings. The van der Waals surface area contributed by atoms with Gasteiger partial charge in [-0.25, -0.2) is 10.2 Å². The predicted molar refractivity (Wildman–Crippen MR) is 98.0 cm³/mol. The van der Waals surface area contributed by atoms with Gasteiger partial charge in [-0.3, -0.25) is 9.59 Å². The van der Waals surface area contributed by atoms with E-state index in [0.717, 1.165) is 12.0 Å². The van der Waals surface area contributed by atoms with Crippen molar-refractivity contribution >= 4 is 29.7 Å². The van der Waals surface area contributed by atoms with Gasteiger partial charge in [-0.2, -0.15) is 5.10 Å². The molecule has 7 heteroatoms. The lowest BCUT2D eigenvalue weighted by atomic mass is 10.1. The van der Waals surface area contributed by atoms with E-state index in [1.165, 1.54) is 13.3 Å². The molecular weight excluding hydrogens is 334 g/mol. The molecule has 2 aromatic carbocycles. The highest BCUT2D eigenvalue weighted by atomic mass is 16.5. The van der Waals surface area contributed by atoms with E-state index in [1.54, 1.807) is 36.4 Å². The molecule has 0 aliphatic heterocycles. The summed E-state index contributed by atoms with van der Waals surface area (Å²) in [6.45, 7) is 1.96. The number of hydrazone groups is 1. The summed E-state index contributed by atoms with van der Waals surface area (Å²) >= 11 is 0. The van der Waals surface area contributed by atoms with E-state index in [0.29, 0.717) is 16.8 Å². The van der Waals surface area contributed by atoms with Crippen molar-refractivity contribution in [3.05, 3.63) is 65.2 Å². The van der Waals surface area contributed by atoms with Crippen molar-refractivity contribution in [2.75, 3.05) is 12.4 Å². The fourth-order valence-corrected chi connectivity index (χ4v) is 2.17. The molecule has 26 heavy (non-hydrogen) atoms. The summed E-state index contributed by atoms with van der Waals surface area (Å²) in [5.74, 6) is -2.12. The largest absolute Gasteiger partial charge is 0.465 e. The lowest BCUT2D eigenvalue weighted by Crippen LogP contribution is -2.32. The van der Waals surface area contributed by atoms with Crippen molar-refractivity contribution in [2.45, 2.75) is 13.3 Å². The zero-order chi connectivity index (χ0) is 18.9. The molecular formula is C19H19N3O4. The van der Waals surface area contributed by atoms with E-state index in [1.807, 2.05) is 19.1 Å². The number of nitrogens with one attached hydrogen (secondary N) is 2. The summed E-state index contributed by atoms with van der Waals surface area (Å²) in [6.07, 6.45) is 2.10. The summed E-state index contributed by atoms with van der Waals surface area (Å²) in [6, 6.07) is 13.7. The quantitative estimate of drug-likeness (QED) is 0.372. The Hall–Kier alpha value is -3.48. The Morgan fingerprint density at radius 2 is 1.73 bits per heavy atom. The van der Waals surface area contributed by atoms with Gasteiger partial charge in [0.05, 0.1) is 18.9 Å². The van der Waals surface area contributed by atoms with E-state index < -0.39 is 17.8 Å². The number of ether oxygens (including phenoxy) is 1. The van der Waals surface area contributed by atoms with Crippen molar-refractivity contribution in [1.29, 1.82) is 0 Å². The standard InChI is InChI=1S/C19H19N3O4/c1-3-14-6-4-5-7-16(14)21-17(23)18(24)22-20-12-13-8-10-15(11-9-13)19(25)26-2/h4-12H,3H2,1-2H3,(H,21,23)(H,22,24)/b20-12+. The van der Waals surface area contributed by atoms with E-state index >= 15 is 0 Å². The van der Waals surface area contributed by atoms with Crippen LogP contribution in [0.1, 0.15) is 28.4 Å². The Kier molecular flexibility index (Phi) is 6.61. The number of rotatable bonds is 5. The van der Waals surface area contributed by atoms with Crippen LogP contribution in [-0.2, 0) is 20.7 Å². The Morgan fingerprint density at radius 1 is 1.04 bits per heavy atom. The first kappa shape index (κ1) is 18.9. The van der Waals surface area contributed by atoms with Crippen LogP contribution in [0.4, 0.5) is 5.69 Å². The molecule has 0 saturated carbocycles. The number of anilines is 1. The zero-order valence-electron chi connectivity index (χ0n) is 14.5. The minimum Gasteiger partial charge on any atom is -0.465 e. The number of esters is 1. The fourth-order valence-electron chi connectivity index (χ4n) is 2.17. The summed E-state index contributed by atoms with van der Waals surface area (Å²) in [5.41, 5.74) is 4.75. The molecule has 0 aliphatic carbocycles. The number of nitrogens with zero attached hydrogens (tertiary/aromatic N) is 1. The fraction of sp³-hybridized carbons (Fsp3) is 0.158. The number of hydrogen-bond acceptors (Lipinski definition) is 5. The van der Waals surface area contributed by atoms with E-state index in [9.17, 15) is 14.4 Å². The minimum atomic E-state index is -0.877. The van der Waals surface area contributed by atoms with Crippen molar-refractivity contribution in [2.24, 2.45) is 5.10 Å². The second-order valence-electron chi connectivity index (χ2n) is 5.28. The average molecular weight is 353 g/mol. The van der Waals surface area contributed by atoms with Crippen LogP contribution >= 0.6 is 0 Å². The number of benzene rings is 2. The Labute approximate surface area is 151 Å². The van der Waals surface area contributed by atoms with Crippen LogP contribution in [0.15, 0.2) is 53.6 Å². The number of aryl methyl sites for hydroxylation is 1. The monoisotopic (exact) mass is 353 g/mol. The Balaban J connectivity index is 1.92. The van der Waals surface area contributed by atoms with Gasteiger partial charge >= 0.3 is 17.8 Å². The average Bonchev–Trinajstić information content (AvgIpc) is 2.68. The number of hydrogen-bond donors (Lipinski definition) is 2. The SMILES string of the molecule is CCc1ccccc1NC(=O)C(=O)N/N=C/c1ccc(C(=O)OC)cc1. The first-order valence-corrected chi connectivity index (χ1v) is 7.95. The molecule has 2 rings (SSSR count). The topological polar surface area (TPSA) is 96.9 Å². The number of carbonyl (C=O) groups excluding carboxylic acids is 3. The predicted octanol–water partition coefficient (Wildman–Crippen LogP) is 2.12. The molecule has 0 spiro atoms. The summed E-state index contributed by atoms with van der Waals surface area (Å²) < 4.78 is 4.61. The van der Waals surface area contributed by atoms with Gasteiger partial charge in [-0.1, -0.05) is 37.3 Å². The third-order valence-electron chi connectivity index (χ3n) is 3.56. The lowest BCUT2D eigenvalue weighted by molar-refractivity contribution is -0.136. The highest BCUT2D eigenvalue weighted by Crippen LogP contribution is 2.15. The van der Waals surface area contributed by atoms with Gasteiger partial charge in [0, 0.05) is 5.69 Å². The number of amides is 2. The van der Waals surface area contributed by atoms with E-state index in [4.69, 9.17) is 0 Å². The molecule has 0 bridgehead atoms. The van der Waals surface area contributed by atoms with Crippen molar-refractivity contribution in [1.82, 2.24) is 5.43 Å². The Morgan fingerprint density at radius 3 is 2.38 bits per heavy atom. The van der Waals surface area contributed by atoms with E-state index in [-0.39, 0.29) is 0 Å². The molecule has 2 aromatic rings. The second-order valence-corrected chi connectivity index (χ2v) is 5.28. The number of carbonyl (C=O) groups is 3. The maximum absolute atomic E-state index is 11.9. The first-order chi connectivity index (χ1) is 12.5. The van der Waals surface area contributed by atoms with Gasteiger partial charge in [0.15, 0.2) is 0 Å². The third-order valence-corrected chi connectivity index (χ3v) is 3.56. The molecule has 0 atom stereocenters. The van der Waals surface area contributed by atoms with Gasteiger partial charge in [0.1, 0.15) is 0 Å². The normalized spacial score (nSPS) is 10.4. The molecule has 2 N–H and O–H groups in total. The number of para-hydroxylation sites is 1. The van der Waals surface area contributed by atoms with Crippen molar-refractivity contribution in [3.63, 3.8) is 0 Å². The first-order valence-electron chi connectivity index (χ1n) is 7.95. The molecule has 0 saturated heterocycles. The minimum absolute atomic E-state index is 0.405. The van der Waals surface area contributed by atoms with Crippen LogP contribution in [0.25, 0.3) is 0 Å². The Bertz CT molecular complexity index is 829. The molecule has 0 fully saturated rings. The molecule has 0 radical (unpaired) electrons. The molecule has 0 unspecified atom stereocenters. The lowest BCUT2D eigenvalue weighted by Gasteiger charge is -2.08. The molecule has 7 nitrogen and oxygen atoms in total. The van der Waals surface area contributed by atoms with Crippen LogP contribution in [0, 0.1) is 0 Å². The van der Waals surface area contributed by atoms with Crippen molar-refractivity contribution < 1.29 is 19.1 Å². The summed E-state index contributed by atoms with van der Waals surface area (Å²) in [5, 5.41) is 6.30. The zero-order valence-corrected chi connectivity index (χ0v) is 14.5. The third kappa shape index (κ3) is 5.01. The van der Waals surface area contributed by atoms with Gasteiger partial charge in [0.2, 0.25) is 0 Å². The smallest absolute Gasteiger partial charge is 0.337 e.